The molecule has 1 aliphatic heterocycles. The fraction of sp³-hybridized carbons (Fsp3) is 0.529. The van der Waals surface area contributed by atoms with E-state index in [2.05, 4.69) is 15.2 Å². The second-order valence-electron chi connectivity index (χ2n) is 6.22. The molecule has 6 nitrogen and oxygen atoms in total. The molecule has 1 amide bonds. The number of nitrogens with one attached hydrogen (secondary N) is 1. The van der Waals surface area contributed by atoms with Crippen LogP contribution >= 0.6 is 0 Å². The van der Waals surface area contributed by atoms with Crippen LogP contribution in [0.3, 0.4) is 0 Å². The molecule has 0 radical (unpaired) electrons. The van der Waals surface area contributed by atoms with Gasteiger partial charge in [-0.15, -0.1) is 0 Å². The van der Waals surface area contributed by atoms with Crippen molar-refractivity contribution in [1.29, 1.82) is 0 Å². The predicted octanol–water partition coefficient (Wildman–Crippen LogP) is 1.27. The first-order chi connectivity index (χ1) is 11.2. The number of nitrogens with zero attached hydrogens (tertiary/aromatic N) is 3. The smallest absolute Gasteiger partial charge is 0.251 e. The SMILES string of the molecule is COCCN1CCC(CNC(=O)c2ccc3c(c2)ncn3C)C1. The minimum Gasteiger partial charge on any atom is -0.383 e. The number of rotatable bonds is 6. The lowest BCUT2D eigenvalue weighted by molar-refractivity contribution is 0.0947. The number of ether oxygens (including phenoxy) is 1. The summed E-state index contributed by atoms with van der Waals surface area (Å²) in [6, 6.07) is 5.66. The maximum Gasteiger partial charge on any atom is 0.251 e. The third-order valence-electron chi connectivity index (χ3n) is 4.52. The Balaban J connectivity index is 1.52. The van der Waals surface area contributed by atoms with Crippen molar-refractivity contribution in [3.8, 4) is 0 Å². The molecule has 0 aliphatic carbocycles. The fourth-order valence-electron chi connectivity index (χ4n) is 3.12. The molecular formula is C17H24N4O2. The van der Waals surface area contributed by atoms with Crippen molar-refractivity contribution in [3.63, 3.8) is 0 Å². The fourth-order valence-corrected chi connectivity index (χ4v) is 3.12. The van der Waals surface area contributed by atoms with E-state index < -0.39 is 0 Å². The van der Waals surface area contributed by atoms with Crippen LogP contribution in [0.2, 0.25) is 0 Å². The number of carbonyl (C=O) groups excluding carboxylic acids is 1. The van der Waals surface area contributed by atoms with Crippen molar-refractivity contribution in [2.45, 2.75) is 6.42 Å². The third kappa shape index (κ3) is 3.71. The zero-order valence-corrected chi connectivity index (χ0v) is 13.8. The summed E-state index contributed by atoms with van der Waals surface area (Å²) in [6.45, 7) is 4.58. The Morgan fingerprint density at radius 3 is 3.17 bits per heavy atom. The van der Waals surface area contributed by atoms with E-state index in [1.54, 1.807) is 13.4 Å². The summed E-state index contributed by atoms with van der Waals surface area (Å²) < 4.78 is 7.06. The molecule has 1 aromatic heterocycles. The molecule has 6 heteroatoms. The van der Waals surface area contributed by atoms with Crippen molar-refractivity contribution in [1.82, 2.24) is 19.8 Å². The number of carbonyl (C=O) groups is 1. The number of hydrogen-bond donors (Lipinski definition) is 1. The zero-order valence-electron chi connectivity index (χ0n) is 13.8. The molecule has 124 valence electrons. The van der Waals surface area contributed by atoms with Crippen LogP contribution < -0.4 is 5.32 Å². The van der Waals surface area contributed by atoms with Crippen LogP contribution in [0.5, 0.6) is 0 Å². The van der Waals surface area contributed by atoms with Crippen molar-refractivity contribution < 1.29 is 9.53 Å². The lowest BCUT2D eigenvalue weighted by Crippen LogP contribution is -2.31. The van der Waals surface area contributed by atoms with Gasteiger partial charge in [0.05, 0.1) is 24.0 Å². The van der Waals surface area contributed by atoms with Gasteiger partial charge in [-0.3, -0.25) is 4.79 Å². The quantitative estimate of drug-likeness (QED) is 0.872. The lowest BCUT2D eigenvalue weighted by Gasteiger charge is -2.15. The summed E-state index contributed by atoms with van der Waals surface area (Å²) in [4.78, 5) is 19.0. The molecule has 2 heterocycles. The maximum absolute atomic E-state index is 12.3. The summed E-state index contributed by atoms with van der Waals surface area (Å²) in [7, 11) is 3.68. The summed E-state index contributed by atoms with van der Waals surface area (Å²) in [5.41, 5.74) is 2.56. The Morgan fingerprint density at radius 2 is 2.35 bits per heavy atom. The van der Waals surface area contributed by atoms with Crippen LogP contribution in [0.25, 0.3) is 11.0 Å². The maximum atomic E-state index is 12.3. The highest BCUT2D eigenvalue weighted by Crippen LogP contribution is 2.16. The first-order valence-corrected chi connectivity index (χ1v) is 8.08. The number of aryl methyl sites for hydroxylation is 1. The van der Waals surface area contributed by atoms with Gasteiger partial charge in [-0.25, -0.2) is 4.98 Å². The van der Waals surface area contributed by atoms with E-state index in [0.717, 1.165) is 50.2 Å². The van der Waals surface area contributed by atoms with Gasteiger partial charge in [-0.2, -0.15) is 0 Å². The molecule has 2 aromatic rings. The Hall–Kier alpha value is -1.92. The summed E-state index contributed by atoms with van der Waals surface area (Å²) >= 11 is 0. The largest absolute Gasteiger partial charge is 0.383 e. The van der Waals surface area contributed by atoms with E-state index in [-0.39, 0.29) is 5.91 Å². The van der Waals surface area contributed by atoms with Crippen LogP contribution in [0, 0.1) is 5.92 Å². The van der Waals surface area contributed by atoms with E-state index >= 15 is 0 Å². The van der Waals surface area contributed by atoms with Crippen molar-refractivity contribution in [3.05, 3.63) is 30.1 Å². The normalized spacial score (nSPS) is 18.6. The predicted molar refractivity (Wildman–Crippen MR) is 89.5 cm³/mol. The van der Waals surface area contributed by atoms with Gasteiger partial charge in [-0.05, 0) is 37.1 Å². The molecule has 3 rings (SSSR count). The van der Waals surface area contributed by atoms with Crippen molar-refractivity contribution in [2.24, 2.45) is 13.0 Å². The number of aromatic nitrogens is 2. The summed E-state index contributed by atoms with van der Waals surface area (Å²) in [5.74, 6) is 0.502. The van der Waals surface area contributed by atoms with Crippen LogP contribution in [0.1, 0.15) is 16.8 Å². The number of imidazole rings is 1. The van der Waals surface area contributed by atoms with Gasteiger partial charge in [0.15, 0.2) is 0 Å². The van der Waals surface area contributed by atoms with E-state index in [1.165, 1.54) is 0 Å². The molecule has 0 bridgehead atoms. The van der Waals surface area contributed by atoms with Gasteiger partial charge in [0.2, 0.25) is 0 Å². The third-order valence-corrected chi connectivity index (χ3v) is 4.52. The second kappa shape index (κ2) is 7.10. The van der Waals surface area contributed by atoms with Crippen LogP contribution in [-0.4, -0.2) is 60.3 Å². The highest BCUT2D eigenvalue weighted by atomic mass is 16.5. The first-order valence-electron chi connectivity index (χ1n) is 8.08. The summed E-state index contributed by atoms with van der Waals surface area (Å²) in [5, 5.41) is 3.06. The van der Waals surface area contributed by atoms with Gasteiger partial charge in [0.1, 0.15) is 0 Å². The Labute approximate surface area is 136 Å². The first kappa shape index (κ1) is 16.0. The van der Waals surface area contributed by atoms with E-state index in [4.69, 9.17) is 4.74 Å². The molecule has 1 unspecified atom stereocenters. The highest BCUT2D eigenvalue weighted by Gasteiger charge is 2.22. The molecule has 1 aliphatic rings. The van der Waals surface area contributed by atoms with Crippen LogP contribution in [0.4, 0.5) is 0 Å². The van der Waals surface area contributed by atoms with Gasteiger partial charge >= 0.3 is 0 Å². The highest BCUT2D eigenvalue weighted by molar-refractivity contribution is 5.97. The number of benzene rings is 1. The molecule has 23 heavy (non-hydrogen) atoms. The standard InChI is InChI=1S/C17H24N4O2/c1-20-12-19-15-9-14(3-4-16(15)20)17(22)18-10-13-5-6-21(11-13)7-8-23-2/h3-4,9,12-13H,5-8,10-11H2,1-2H3,(H,18,22). The number of fused-ring (bicyclic) bond motifs is 1. The van der Waals surface area contributed by atoms with Crippen molar-refractivity contribution >= 4 is 16.9 Å². The average molecular weight is 316 g/mol. The molecule has 0 spiro atoms. The molecule has 1 fully saturated rings. The van der Waals surface area contributed by atoms with E-state index in [9.17, 15) is 4.79 Å². The molecule has 1 atom stereocenters. The number of methoxy groups -OCH3 is 1. The van der Waals surface area contributed by atoms with E-state index in [1.807, 2.05) is 29.8 Å². The van der Waals surface area contributed by atoms with Gasteiger partial charge in [0.25, 0.3) is 5.91 Å². The van der Waals surface area contributed by atoms with Crippen LogP contribution in [-0.2, 0) is 11.8 Å². The molecular weight excluding hydrogens is 292 g/mol. The number of likely N-dealkylation sites (tertiary alicyclic amines) is 1. The van der Waals surface area contributed by atoms with Crippen molar-refractivity contribution in [2.75, 3.05) is 39.9 Å². The number of amides is 1. The van der Waals surface area contributed by atoms with Crippen LogP contribution in [0.15, 0.2) is 24.5 Å². The minimum atomic E-state index is -0.0205. The van der Waals surface area contributed by atoms with Gasteiger partial charge in [0, 0.05) is 39.4 Å². The van der Waals surface area contributed by atoms with E-state index in [0.29, 0.717) is 11.5 Å². The minimum absolute atomic E-state index is 0.0205. The molecule has 1 N–H and O–H groups in total. The van der Waals surface area contributed by atoms with Gasteiger partial charge < -0.3 is 19.5 Å². The number of hydrogen-bond acceptors (Lipinski definition) is 4. The summed E-state index contributed by atoms with van der Waals surface area (Å²) in [6.07, 6.45) is 2.89. The topological polar surface area (TPSA) is 59.4 Å². The molecule has 1 aromatic carbocycles. The zero-order chi connectivity index (χ0) is 16.2. The Kier molecular flexibility index (Phi) is 4.93. The second-order valence-corrected chi connectivity index (χ2v) is 6.22. The monoisotopic (exact) mass is 316 g/mol. The molecule has 1 saturated heterocycles. The lowest BCUT2D eigenvalue weighted by atomic mass is 10.1. The Bertz CT molecular complexity index is 682. The van der Waals surface area contributed by atoms with Gasteiger partial charge in [-0.1, -0.05) is 0 Å². The Morgan fingerprint density at radius 1 is 1.48 bits per heavy atom. The molecule has 0 saturated carbocycles. The average Bonchev–Trinajstić information content (AvgIpc) is 3.17.